The standard InChI is InChI=1S/C28H28N2O5/c1-16-14-24(27(32)33)30-23(16)11-10-17-12-13-29(25(17)26(30)31)28(34)35-15-22-20-8-4-2-6-18(20)19-7-3-5-9-21(19)22/h2-11,16-17,22-25H,12-15H2,1H3,(H,32,33)/t16-,17+,23+,24+,25+/m1/s1. The number of carbonyl (C=O) groups is 3. The number of fused-ring (bicyclic) bond motifs is 5. The van der Waals surface area contributed by atoms with E-state index in [1.807, 2.05) is 43.3 Å². The fourth-order valence-electron chi connectivity index (χ4n) is 6.52. The first-order valence-corrected chi connectivity index (χ1v) is 12.3. The smallest absolute Gasteiger partial charge is 0.410 e. The molecular weight excluding hydrogens is 444 g/mol. The molecule has 2 aromatic rings. The van der Waals surface area contributed by atoms with E-state index in [4.69, 9.17) is 4.74 Å². The van der Waals surface area contributed by atoms with Crippen LogP contribution in [-0.4, -0.2) is 64.2 Å². The molecule has 180 valence electrons. The zero-order chi connectivity index (χ0) is 24.3. The maximum absolute atomic E-state index is 13.6. The van der Waals surface area contributed by atoms with Crippen LogP contribution in [0.4, 0.5) is 4.79 Å². The average molecular weight is 473 g/mol. The molecule has 7 heteroatoms. The van der Waals surface area contributed by atoms with Crippen LogP contribution in [0.1, 0.15) is 36.8 Å². The van der Waals surface area contributed by atoms with Crippen molar-refractivity contribution in [3.63, 3.8) is 0 Å². The molecule has 2 saturated heterocycles. The molecule has 2 amide bonds. The summed E-state index contributed by atoms with van der Waals surface area (Å²) in [5.41, 5.74) is 4.58. The Labute approximate surface area is 204 Å². The van der Waals surface area contributed by atoms with Crippen LogP contribution >= 0.6 is 0 Å². The third kappa shape index (κ3) is 3.36. The van der Waals surface area contributed by atoms with Gasteiger partial charge in [0.1, 0.15) is 18.7 Å². The van der Waals surface area contributed by atoms with E-state index in [0.29, 0.717) is 19.4 Å². The molecule has 7 nitrogen and oxygen atoms in total. The second-order valence-electron chi connectivity index (χ2n) is 10.1. The highest BCUT2D eigenvalue weighted by Crippen LogP contribution is 2.45. The fraction of sp³-hybridized carbons (Fsp3) is 0.393. The van der Waals surface area contributed by atoms with E-state index in [1.165, 1.54) is 9.80 Å². The number of carbonyl (C=O) groups excluding carboxylic acids is 2. The summed E-state index contributed by atoms with van der Waals surface area (Å²) in [5.74, 6) is -1.42. The van der Waals surface area contributed by atoms with Crippen molar-refractivity contribution in [2.24, 2.45) is 11.8 Å². The van der Waals surface area contributed by atoms with Crippen molar-refractivity contribution in [2.45, 2.75) is 43.8 Å². The Morgan fingerprint density at radius 3 is 2.34 bits per heavy atom. The molecule has 0 bridgehead atoms. The Kier molecular flexibility index (Phi) is 5.16. The minimum absolute atomic E-state index is 0.0537. The van der Waals surface area contributed by atoms with Gasteiger partial charge in [0.25, 0.3) is 0 Å². The van der Waals surface area contributed by atoms with E-state index in [-0.39, 0.29) is 36.3 Å². The van der Waals surface area contributed by atoms with Crippen LogP contribution in [0.3, 0.4) is 0 Å². The number of hydrogen-bond donors (Lipinski definition) is 1. The summed E-state index contributed by atoms with van der Waals surface area (Å²) >= 11 is 0. The summed E-state index contributed by atoms with van der Waals surface area (Å²) in [6.07, 6.45) is 4.53. The predicted octanol–water partition coefficient (Wildman–Crippen LogP) is 3.89. The summed E-state index contributed by atoms with van der Waals surface area (Å²) in [4.78, 5) is 41.8. The Hall–Kier alpha value is -3.61. The maximum atomic E-state index is 13.6. The molecule has 2 fully saturated rings. The molecule has 0 unspecified atom stereocenters. The summed E-state index contributed by atoms with van der Waals surface area (Å²) in [6, 6.07) is 14.5. The van der Waals surface area contributed by atoms with Gasteiger partial charge in [0, 0.05) is 18.4 Å². The number of carboxylic acids is 1. The van der Waals surface area contributed by atoms with Crippen LogP contribution in [0.15, 0.2) is 60.7 Å². The molecule has 0 spiro atoms. The van der Waals surface area contributed by atoms with Crippen molar-refractivity contribution in [3.8, 4) is 11.1 Å². The van der Waals surface area contributed by atoms with Crippen molar-refractivity contribution < 1.29 is 24.2 Å². The van der Waals surface area contributed by atoms with Gasteiger partial charge in [0.15, 0.2) is 0 Å². The fourth-order valence-corrected chi connectivity index (χ4v) is 6.52. The number of carboxylic acid groups (broad SMARTS) is 1. The van der Waals surface area contributed by atoms with Crippen LogP contribution in [0.5, 0.6) is 0 Å². The molecule has 5 atom stereocenters. The van der Waals surface area contributed by atoms with Gasteiger partial charge < -0.3 is 14.7 Å². The Morgan fingerprint density at radius 2 is 1.69 bits per heavy atom. The van der Waals surface area contributed by atoms with Gasteiger partial charge in [0.2, 0.25) is 5.91 Å². The molecular formula is C28H28N2O5. The van der Waals surface area contributed by atoms with Crippen molar-refractivity contribution in [1.29, 1.82) is 0 Å². The molecule has 1 N–H and O–H groups in total. The van der Waals surface area contributed by atoms with Crippen molar-refractivity contribution in [1.82, 2.24) is 9.80 Å². The number of nitrogens with zero attached hydrogens (tertiary/aromatic N) is 2. The second kappa shape index (κ2) is 8.26. The van der Waals surface area contributed by atoms with Crippen LogP contribution in [0.2, 0.25) is 0 Å². The SMILES string of the molecule is C[C@@H]1C[C@@H](C(=O)O)N2C(=O)[C@@H]3[C@@H](C=C[C@@H]12)CCN3C(=O)OCC1c2ccccc2-c2ccccc21. The lowest BCUT2D eigenvalue weighted by atomic mass is 9.97. The molecule has 0 radical (unpaired) electrons. The number of ether oxygens (including phenoxy) is 1. The molecule has 0 saturated carbocycles. The average Bonchev–Trinajstić information content (AvgIpc) is 3.50. The van der Waals surface area contributed by atoms with Crippen LogP contribution < -0.4 is 0 Å². The summed E-state index contributed by atoms with van der Waals surface area (Å²) in [5, 5.41) is 9.74. The lowest BCUT2D eigenvalue weighted by Crippen LogP contribution is -2.54. The van der Waals surface area contributed by atoms with Gasteiger partial charge in [-0.3, -0.25) is 9.69 Å². The first-order valence-electron chi connectivity index (χ1n) is 12.3. The van der Waals surface area contributed by atoms with Crippen LogP contribution in [-0.2, 0) is 14.3 Å². The van der Waals surface area contributed by atoms with E-state index in [0.717, 1.165) is 22.3 Å². The van der Waals surface area contributed by atoms with E-state index in [2.05, 4.69) is 24.3 Å². The highest BCUT2D eigenvalue weighted by atomic mass is 16.6. The number of hydrogen-bond acceptors (Lipinski definition) is 4. The van der Waals surface area contributed by atoms with Crippen LogP contribution in [0, 0.1) is 11.8 Å². The molecule has 4 aliphatic rings. The Bertz CT molecular complexity index is 1190. The van der Waals surface area contributed by atoms with E-state index >= 15 is 0 Å². The Morgan fingerprint density at radius 1 is 1.03 bits per heavy atom. The highest BCUT2D eigenvalue weighted by Gasteiger charge is 2.52. The van der Waals surface area contributed by atoms with E-state index in [1.54, 1.807) is 0 Å². The third-order valence-corrected chi connectivity index (χ3v) is 8.20. The minimum atomic E-state index is -0.995. The maximum Gasteiger partial charge on any atom is 0.410 e. The van der Waals surface area contributed by atoms with Gasteiger partial charge in [-0.1, -0.05) is 67.6 Å². The van der Waals surface area contributed by atoms with E-state index < -0.39 is 24.1 Å². The van der Waals surface area contributed by atoms with Gasteiger partial charge in [-0.15, -0.1) is 0 Å². The zero-order valence-electron chi connectivity index (χ0n) is 19.5. The lowest BCUT2D eigenvalue weighted by Gasteiger charge is -2.32. The molecule has 0 aromatic heterocycles. The number of rotatable bonds is 3. The van der Waals surface area contributed by atoms with Crippen LogP contribution in [0.25, 0.3) is 11.1 Å². The molecule has 3 heterocycles. The molecule has 6 rings (SSSR count). The largest absolute Gasteiger partial charge is 0.480 e. The quantitative estimate of drug-likeness (QED) is 0.685. The summed E-state index contributed by atoms with van der Waals surface area (Å²) < 4.78 is 5.84. The van der Waals surface area contributed by atoms with Crippen molar-refractivity contribution in [2.75, 3.05) is 13.2 Å². The molecule has 35 heavy (non-hydrogen) atoms. The number of amides is 2. The molecule has 3 aliphatic heterocycles. The Balaban J connectivity index is 1.22. The van der Waals surface area contributed by atoms with Gasteiger partial charge in [-0.25, -0.2) is 9.59 Å². The first kappa shape index (κ1) is 21.9. The van der Waals surface area contributed by atoms with Gasteiger partial charge in [-0.05, 0) is 41.0 Å². The second-order valence-corrected chi connectivity index (χ2v) is 10.1. The zero-order valence-corrected chi connectivity index (χ0v) is 19.5. The first-order chi connectivity index (χ1) is 17.0. The third-order valence-electron chi connectivity index (χ3n) is 8.20. The normalized spacial score (nSPS) is 28.8. The van der Waals surface area contributed by atoms with E-state index in [9.17, 15) is 19.5 Å². The monoisotopic (exact) mass is 472 g/mol. The van der Waals surface area contributed by atoms with Crippen molar-refractivity contribution in [3.05, 3.63) is 71.8 Å². The van der Waals surface area contributed by atoms with Gasteiger partial charge in [0.05, 0.1) is 6.04 Å². The topological polar surface area (TPSA) is 87.2 Å². The highest BCUT2D eigenvalue weighted by molar-refractivity contribution is 5.91. The van der Waals surface area contributed by atoms with Gasteiger partial charge >= 0.3 is 12.1 Å². The van der Waals surface area contributed by atoms with Crippen molar-refractivity contribution >= 4 is 18.0 Å². The number of likely N-dealkylation sites (tertiary alicyclic amines) is 1. The molecule has 2 aromatic carbocycles. The van der Waals surface area contributed by atoms with Gasteiger partial charge in [-0.2, -0.15) is 0 Å². The number of benzene rings is 2. The number of aliphatic carboxylic acids is 1. The predicted molar refractivity (Wildman–Crippen MR) is 129 cm³/mol. The summed E-state index contributed by atoms with van der Waals surface area (Å²) in [6.45, 7) is 2.57. The lowest BCUT2D eigenvalue weighted by molar-refractivity contribution is -0.151. The minimum Gasteiger partial charge on any atom is -0.480 e. The molecule has 1 aliphatic carbocycles. The summed E-state index contributed by atoms with van der Waals surface area (Å²) in [7, 11) is 0.